The molecule has 1 aromatic rings. The number of nitrogens with one attached hydrogen (secondary N) is 1. The van der Waals surface area contributed by atoms with Gasteiger partial charge in [-0.2, -0.15) is 0 Å². The van der Waals surface area contributed by atoms with E-state index in [1.54, 1.807) is 0 Å². The summed E-state index contributed by atoms with van der Waals surface area (Å²) in [6, 6.07) is 3.94. The minimum Gasteiger partial charge on any atom is -0.396 e. The molecule has 0 aliphatic carbocycles. The van der Waals surface area contributed by atoms with E-state index in [2.05, 4.69) is 5.32 Å². The fourth-order valence-electron chi connectivity index (χ4n) is 1.25. The number of alkyl halides is 2. The first-order valence-electron chi connectivity index (χ1n) is 4.85. The van der Waals surface area contributed by atoms with Crippen LogP contribution in [0.3, 0.4) is 0 Å². The van der Waals surface area contributed by atoms with Crippen molar-refractivity contribution in [3.8, 4) is 0 Å². The Labute approximate surface area is 103 Å². The highest BCUT2D eigenvalue weighted by Crippen LogP contribution is 2.25. The standard InChI is InChI=1S/C9H13F2N3O3S/c10-9(11)6(15)4-14-5-2-1-3-7(8(5)12)18(13,16)17/h1-3,6,9,14-15H,4,12H2,(H2,13,16,17). The van der Waals surface area contributed by atoms with Gasteiger partial charge in [-0.1, -0.05) is 6.07 Å². The van der Waals surface area contributed by atoms with Gasteiger partial charge in [0, 0.05) is 6.54 Å². The number of primary sulfonamides is 1. The molecule has 0 aliphatic rings. The van der Waals surface area contributed by atoms with Gasteiger partial charge < -0.3 is 16.2 Å². The van der Waals surface area contributed by atoms with Crippen LogP contribution in [0, 0.1) is 0 Å². The molecule has 18 heavy (non-hydrogen) atoms. The van der Waals surface area contributed by atoms with E-state index in [0.29, 0.717) is 0 Å². The topological polar surface area (TPSA) is 118 Å². The highest BCUT2D eigenvalue weighted by atomic mass is 32.2. The minimum atomic E-state index is -3.99. The lowest BCUT2D eigenvalue weighted by molar-refractivity contribution is 0.00385. The zero-order valence-corrected chi connectivity index (χ0v) is 9.99. The second-order valence-electron chi connectivity index (χ2n) is 3.55. The third-order valence-corrected chi connectivity index (χ3v) is 3.13. The molecule has 0 aromatic heterocycles. The molecule has 1 rings (SSSR count). The number of nitrogen functional groups attached to an aromatic ring is 1. The van der Waals surface area contributed by atoms with Gasteiger partial charge in [-0.3, -0.25) is 0 Å². The molecule has 0 saturated heterocycles. The largest absolute Gasteiger partial charge is 0.396 e. The maximum Gasteiger partial charge on any atom is 0.265 e. The van der Waals surface area contributed by atoms with Crippen molar-refractivity contribution in [3.63, 3.8) is 0 Å². The highest BCUT2D eigenvalue weighted by Gasteiger charge is 2.18. The van der Waals surface area contributed by atoms with Crippen LogP contribution in [0.1, 0.15) is 0 Å². The third kappa shape index (κ3) is 3.52. The molecule has 9 heteroatoms. The molecule has 0 spiro atoms. The molecule has 102 valence electrons. The van der Waals surface area contributed by atoms with Gasteiger partial charge in [0.05, 0.1) is 11.4 Å². The van der Waals surface area contributed by atoms with Crippen molar-refractivity contribution < 1.29 is 22.3 Å². The Morgan fingerprint density at radius 3 is 2.50 bits per heavy atom. The van der Waals surface area contributed by atoms with Gasteiger partial charge in [0.2, 0.25) is 10.0 Å². The van der Waals surface area contributed by atoms with Gasteiger partial charge in [-0.05, 0) is 12.1 Å². The molecule has 0 fully saturated rings. The number of nitrogens with two attached hydrogens (primary N) is 2. The summed E-state index contributed by atoms with van der Waals surface area (Å²) >= 11 is 0. The summed E-state index contributed by atoms with van der Waals surface area (Å²) < 4.78 is 46.4. The van der Waals surface area contributed by atoms with E-state index in [-0.39, 0.29) is 16.3 Å². The molecule has 0 bridgehead atoms. The number of benzene rings is 1. The molecule has 0 saturated carbocycles. The molecule has 0 aliphatic heterocycles. The van der Waals surface area contributed by atoms with E-state index in [1.165, 1.54) is 18.2 Å². The summed E-state index contributed by atoms with van der Waals surface area (Å²) in [5, 5.41) is 16.3. The molecule has 1 aromatic carbocycles. The van der Waals surface area contributed by atoms with Gasteiger partial charge in [-0.15, -0.1) is 0 Å². The molecular formula is C9H13F2N3O3S. The molecule has 1 unspecified atom stereocenters. The second kappa shape index (κ2) is 5.46. The summed E-state index contributed by atoms with van der Waals surface area (Å²) in [5.74, 6) is 0. The van der Waals surface area contributed by atoms with E-state index in [4.69, 9.17) is 16.0 Å². The third-order valence-electron chi connectivity index (χ3n) is 2.17. The van der Waals surface area contributed by atoms with Gasteiger partial charge in [0.25, 0.3) is 6.43 Å². The molecule has 0 amide bonds. The number of rotatable bonds is 5. The maximum absolute atomic E-state index is 12.1. The van der Waals surface area contributed by atoms with Crippen molar-refractivity contribution in [1.82, 2.24) is 0 Å². The maximum atomic E-state index is 12.1. The van der Waals surface area contributed by atoms with Crippen LogP contribution in [-0.4, -0.2) is 32.6 Å². The first-order valence-corrected chi connectivity index (χ1v) is 6.39. The van der Waals surface area contributed by atoms with Gasteiger partial charge in [0.1, 0.15) is 11.0 Å². The summed E-state index contributed by atoms with van der Waals surface area (Å²) in [4.78, 5) is -0.306. The Balaban J connectivity index is 2.92. The van der Waals surface area contributed by atoms with Crippen LogP contribution in [0.2, 0.25) is 0 Å². The number of sulfonamides is 1. The lowest BCUT2D eigenvalue weighted by Gasteiger charge is -2.14. The minimum absolute atomic E-state index is 0.112. The van der Waals surface area contributed by atoms with E-state index >= 15 is 0 Å². The fourth-order valence-corrected chi connectivity index (χ4v) is 1.93. The molecule has 6 N–H and O–H groups in total. The number of aliphatic hydroxyl groups is 1. The Bertz CT molecular complexity index is 522. The van der Waals surface area contributed by atoms with Gasteiger partial charge in [-0.25, -0.2) is 22.3 Å². The van der Waals surface area contributed by atoms with Crippen molar-refractivity contribution in [2.24, 2.45) is 5.14 Å². The number of hydrogen-bond acceptors (Lipinski definition) is 5. The van der Waals surface area contributed by atoms with E-state index in [1.807, 2.05) is 0 Å². The Hall–Kier alpha value is -1.45. The second-order valence-corrected chi connectivity index (χ2v) is 5.07. The van der Waals surface area contributed by atoms with Crippen LogP contribution >= 0.6 is 0 Å². The molecule has 0 heterocycles. The molecular weight excluding hydrogens is 268 g/mol. The van der Waals surface area contributed by atoms with E-state index in [9.17, 15) is 17.2 Å². The monoisotopic (exact) mass is 281 g/mol. The van der Waals surface area contributed by atoms with E-state index < -0.39 is 29.1 Å². The Morgan fingerprint density at radius 1 is 1.39 bits per heavy atom. The lowest BCUT2D eigenvalue weighted by atomic mass is 10.2. The Morgan fingerprint density at radius 2 is 2.00 bits per heavy atom. The smallest absolute Gasteiger partial charge is 0.265 e. The van der Waals surface area contributed by atoms with Crippen LogP contribution in [0.4, 0.5) is 20.2 Å². The first-order chi connectivity index (χ1) is 8.23. The quantitative estimate of drug-likeness (QED) is 0.564. The van der Waals surface area contributed by atoms with Crippen molar-refractivity contribution in [3.05, 3.63) is 18.2 Å². The first kappa shape index (κ1) is 14.6. The Kier molecular flexibility index (Phi) is 4.43. The molecule has 0 radical (unpaired) electrons. The average molecular weight is 281 g/mol. The number of halogens is 2. The zero-order chi connectivity index (χ0) is 13.9. The van der Waals surface area contributed by atoms with Crippen LogP contribution < -0.4 is 16.2 Å². The number of anilines is 2. The van der Waals surface area contributed by atoms with Crippen molar-refractivity contribution >= 4 is 21.4 Å². The van der Waals surface area contributed by atoms with Gasteiger partial charge in [0.15, 0.2) is 0 Å². The highest BCUT2D eigenvalue weighted by molar-refractivity contribution is 7.89. The normalized spacial score (nSPS) is 13.6. The predicted octanol–water partition coefficient (Wildman–Crippen LogP) is -0.0459. The molecule has 1 atom stereocenters. The number of aliphatic hydroxyl groups excluding tert-OH is 1. The summed E-state index contributed by atoms with van der Waals surface area (Å²) in [6.45, 7) is -0.462. The van der Waals surface area contributed by atoms with Crippen molar-refractivity contribution in [2.75, 3.05) is 17.6 Å². The average Bonchev–Trinajstić information content (AvgIpc) is 2.25. The van der Waals surface area contributed by atoms with E-state index in [0.717, 1.165) is 0 Å². The summed E-state index contributed by atoms with van der Waals surface area (Å²) in [7, 11) is -3.99. The van der Waals surface area contributed by atoms with Gasteiger partial charge >= 0.3 is 0 Å². The van der Waals surface area contributed by atoms with Crippen LogP contribution in [0.5, 0.6) is 0 Å². The molecule has 6 nitrogen and oxygen atoms in total. The lowest BCUT2D eigenvalue weighted by Crippen LogP contribution is -2.27. The van der Waals surface area contributed by atoms with Crippen molar-refractivity contribution in [1.29, 1.82) is 0 Å². The zero-order valence-electron chi connectivity index (χ0n) is 9.18. The predicted molar refractivity (Wildman–Crippen MR) is 62.7 cm³/mol. The van der Waals surface area contributed by atoms with Crippen LogP contribution in [0.15, 0.2) is 23.1 Å². The van der Waals surface area contributed by atoms with Crippen LogP contribution in [0.25, 0.3) is 0 Å². The SMILES string of the molecule is Nc1c(NCC(O)C(F)F)cccc1S(N)(=O)=O. The summed E-state index contributed by atoms with van der Waals surface area (Å²) in [5.41, 5.74) is 5.47. The van der Waals surface area contributed by atoms with Crippen LogP contribution in [-0.2, 0) is 10.0 Å². The van der Waals surface area contributed by atoms with Crippen molar-refractivity contribution in [2.45, 2.75) is 17.4 Å². The fraction of sp³-hybridized carbons (Fsp3) is 0.333. The number of para-hydroxylation sites is 1. The summed E-state index contributed by atoms with van der Waals surface area (Å²) in [6.07, 6.45) is -4.78. The number of hydrogen-bond donors (Lipinski definition) is 4.